The van der Waals surface area contributed by atoms with Crippen molar-refractivity contribution in [3.8, 4) is 5.75 Å². The Morgan fingerprint density at radius 2 is 2.18 bits per heavy atom. The van der Waals surface area contributed by atoms with Gasteiger partial charge in [-0.05, 0) is 30.3 Å². The molecule has 0 bridgehead atoms. The second kappa shape index (κ2) is 4.82. The molecule has 0 radical (unpaired) electrons. The molecule has 2 aromatic rings. The lowest BCUT2D eigenvalue weighted by Crippen LogP contribution is -1.94. The molecule has 0 saturated heterocycles. The quantitative estimate of drug-likeness (QED) is 0.763. The Morgan fingerprint density at radius 1 is 1.35 bits per heavy atom. The summed E-state index contributed by atoms with van der Waals surface area (Å²) in [5.74, 6) is 1.12. The second-order valence-electron chi connectivity index (χ2n) is 3.55. The van der Waals surface area contributed by atoms with Crippen molar-refractivity contribution in [1.82, 2.24) is 0 Å². The molecule has 1 heterocycles. The molecule has 0 aliphatic heterocycles. The molecule has 0 amide bonds. The average Bonchev–Trinajstić information content (AvgIpc) is 2.77. The molecule has 0 atom stereocenters. The van der Waals surface area contributed by atoms with Gasteiger partial charge >= 0.3 is 0 Å². The first kappa shape index (κ1) is 11.4. The van der Waals surface area contributed by atoms with Crippen molar-refractivity contribution >= 4 is 6.29 Å². The first-order valence-corrected chi connectivity index (χ1v) is 5.09. The van der Waals surface area contributed by atoms with Crippen LogP contribution in [-0.2, 0) is 6.42 Å². The Labute approximate surface area is 97.8 Å². The number of aldehydes is 1. The van der Waals surface area contributed by atoms with Crippen LogP contribution in [0.2, 0.25) is 0 Å². The standard InChI is InChI=1S/C13H11FO3/c1-16-13-5-2-10(14)6-9(13)7-11-3-4-12(8-15)17-11/h2-6,8H,7H2,1H3. The predicted octanol–water partition coefficient (Wildman–Crippen LogP) is 2.83. The number of ether oxygens (including phenoxy) is 1. The van der Waals surface area contributed by atoms with E-state index in [2.05, 4.69) is 0 Å². The minimum absolute atomic E-state index is 0.260. The zero-order valence-electron chi connectivity index (χ0n) is 9.27. The first-order chi connectivity index (χ1) is 8.22. The lowest BCUT2D eigenvalue weighted by Gasteiger charge is -2.06. The summed E-state index contributed by atoms with van der Waals surface area (Å²) in [4.78, 5) is 10.5. The van der Waals surface area contributed by atoms with Crippen LogP contribution in [-0.4, -0.2) is 13.4 Å². The number of rotatable bonds is 4. The highest BCUT2D eigenvalue weighted by Gasteiger charge is 2.08. The molecule has 17 heavy (non-hydrogen) atoms. The van der Waals surface area contributed by atoms with Crippen LogP contribution >= 0.6 is 0 Å². The Balaban J connectivity index is 2.28. The second-order valence-corrected chi connectivity index (χ2v) is 3.55. The van der Waals surface area contributed by atoms with Crippen LogP contribution in [0, 0.1) is 5.82 Å². The molecular formula is C13H11FO3. The summed E-state index contributed by atoms with van der Waals surface area (Å²) < 4.78 is 23.5. The highest BCUT2D eigenvalue weighted by molar-refractivity contribution is 5.70. The summed E-state index contributed by atoms with van der Waals surface area (Å²) in [6.07, 6.45) is 1.01. The number of methoxy groups -OCH3 is 1. The fourth-order valence-electron chi connectivity index (χ4n) is 1.63. The van der Waals surface area contributed by atoms with E-state index < -0.39 is 0 Å². The number of hydrogen-bond donors (Lipinski definition) is 0. The molecule has 4 heteroatoms. The van der Waals surface area contributed by atoms with Crippen LogP contribution < -0.4 is 4.74 Å². The van der Waals surface area contributed by atoms with Gasteiger partial charge in [-0.1, -0.05) is 0 Å². The minimum atomic E-state index is -0.331. The molecule has 0 saturated carbocycles. The van der Waals surface area contributed by atoms with Gasteiger partial charge in [-0.2, -0.15) is 0 Å². The molecule has 0 spiro atoms. The van der Waals surface area contributed by atoms with Crippen LogP contribution in [0.1, 0.15) is 21.9 Å². The maximum absolute atomic E-state index is 13.1. The van der Waals surface area contributed by atoms with Gasteiger partial charge in [-0.25, -0.2) is 4.39 Å². The third-order valence-corrected chi connectivity index (χ3v) is 2.41. The van der Waals surface area contributed by atoms with Gasteiger partial charge in [0.15, 0.2) is 12.0 Å². The normalized spacial score (nSPS) is 10.2. The zero-order chi connectivity index (χ0) is 12.3. The van der Waals surface area contributed by atoms with E-state index >= 15 is 0 Å². The number of benzene rings is 1. The SMILES string of the molecule is COc1ccc(F)cc1Cc1ccc(C=O)o1. The summed E-state index contributed by atoms with van der Waals surface area (Å²) in [7, 11) is 1.52. The zero-order valence-corrected chi connectivity index (χ0v) is 9.27. The van der Waals surface area contributed by atoms with E-state index in [0.29, 0.717) is 29.8 Å². The van der Waals surface area contributed by atoms with Crippen LogP contribution in [0.15, 0.2) is 34.7 Å². The number of carbonyl (C=O) groups excluding carboxylic acids is 1. The molecule has 0 aliphatic rings. The van der Waals surface area contributed by atoms with Gasteiger partial charge in [0.25, 0.3) is 0 Å². The van der Waals surface area contributed by atoms with Gasteiger partial charge in [0, 0.05) is 12.0 Å². The van der Waals surface area contributed by atoms with Crippen molar-refractivity contribution in [2.45, 2.75) is 6.42 Å². The summed E-state index contributed by atoms with van der Waals surface area (Å²) in [6.45, 7) is 0. The van der Waals surface area contributed by atoms with Crippen molar-refractivity contribution < 1.29 is 18.3 Å². The largest absolute Gasteiger partial charge is 0.496 e. The van der Waals surface area contributed by atoms with Crippen LogP contribution in [0.3, 0.4) is 0 Å². The topological polar surface area (TPSA) is 39.4 Å². The third-order valence-electron chi connectivity index (χ3n) is 2.41. The first-order valence-electron chi connectivity index (χ1n) is 5.09. The molecule has 88 valence electrons. The van der Waals surface area contributed by atoms with Crippen molar-refractivity contribution in [2.24, 2.45) is 0 Å². The minimum Gasteiger partial charge on any atom is -0.496 e. The van der Waals surface area contributed by atoms with E-state index in [0.717, 1.165) is 0 Å². The monoisotopic (exact) mass is 234 g/mol. The predicted molar refractivity (Wildman–Crippen MR) is 59.9 cm³/mol. The van der Waals surface area contributed by atoms with Gasteiger partial charge in [0.05, 0.1) is 7.11 Å². The number of hydrogen-bond acceptors (Lipinski definition) is 3. The molecule has 3 nitrogen and oxygen atoms in total. The number of carbonyl (C=O) groups is 1. The van der Waals surface area contributed by atoms with Crippen molar-refractivity contribution in [3.05, 3.63) is 53.2 Å². The fourth-order valence-corrected chi connectivity index (χ4v) is 1.63. The van der Waals surface area contributed by atoms with Gasteiger partial charge in [0.1, 0.15) is 17.3 Å². The van der Waals surface area contributed by atoms with E-state index in [1.54, 1.807) is 18.2 Å². The van der Waals surface area contributed by atoms with Crippen molar-refractivity contribution in [2.75, 3.05) is 7.11 Å². The number of halogens is 1. The van der Waals surface area contributed by atoms with E-state index in [9.17, 15) is 9.18 Å². The van der Waals surface area contributed by atoms with Crippen LogP contribution in [0.25, 0.3) is 0 Å². The summed E-state index contributed by atoms with van der Waals surface area (Å²) in [6, 6.07) is 7.56. The van der Waals surface area contributed by atoms with Gasteiger partial charge < -0.3 is 9.15 Å². The molecule has 2 rings (SSSR count). The third kappa shape index (κ3) is 2.53. The van der Waals surface area contributed by atoms with E-state index in [4.69, 9.17) is 9.15 Å². The van der Waals surface area contributed by atoms with Gasteiger partial charge in [0.2, 0.25) is 0 Å². The van der Waals surface area contributed by atoms with Crippen molar-refractivity contribution in [1.29, 1.82) is 0 Å². The molecule has 0 N–H and O–H groups in total. The molecule has 1 aromatic heterocycles. The Kier molecular flexibility index (Phi) is 3.23. The molecule has 0 aliphatic carbocycles. The van der Waals surface area contributed by atoms with Crippen molar-refractivity contribution in [3.63, 3.8) is 0 Å². The highest BCUT2D eigenvalue weighted by Crippen LogP contribution is 2.23. The molecular weight excluding hydrogens is 223 g/mol. The van der Waals surface area contributed by atoms with Gasteiger partial charge in [-0.3, -0.25) is 4.79 Å². The van der Waals surface area contributed by atoms with Crippen LogP contribution in [0.4, 0.5) is 4.39 Å². The lowest BCUT2D eigenvalue weighted by molar-refractivity contribution is 0.109. The van der Waals surface area contributed by atoms with Gasteiger partial charge in [-0.15, -0.1) is 0 Å². The summed E-state index contributed by atoms with van der Waals surface area (Å²) in [5.41, 5.74) is 0.680. The molecule has 0 fully saturated rings. The molecule has 0 unspecified atom stereocenters. The van der Waals surface area contributed by atoms with E-state index in [1.165, 1.54) is 19.2 Å². The van der Waals surface area contributed by atoms with E-state index in [1.807, 2.05) is 0 Å². The Bertz CT molecular complexity index is 531. The fraction of sp³-hybridized carbons (Fsp3) is 0.154. The van der Waals surface area contributed by atoms with E-state index in [-0.39, 0.29) is 11.6 Å². The van der Waals surface area contributed by atoms with Crippen LogP contribution in [0.5, 0.6) is 5.75 Å². The molecule has 1 aromatic carbocycles. The maximum Gasteiger partial charge on any atom is 0.185 e. The lowest BCUT2D eigenvalue weighted by atomic mass is 10.1. The number of furan rings is 1. The highest BCUT2D eigenvalue weighted by atomic mass is 19.1. The Hall–Kier alpha value is -2.10. The summed E-state index contributed by atoms with van der Waals surface area (Å²) >= 11 is 0. The Morgan fingerprint density at radius 3 is 2.82 bits per heavy atom. The maximum atomic E-state index is 13.1. The average molecular weight is 234 g/mol. The summed E-state index contributed by atoms with van der Waals surface area (Å²) in [5, 5.41) is 0. The smallest absolute Gasteiger partial charge is 0.185 e.